The highest BCUT2D eigenvalue weighted by Crippen LogP contribution is 2.73. The Balaban J connectivity index is 1.35. The molecule has 0 radical (unpaired) electrons. The summed E-state index contributed by atoms with van der Waals surface area (Å²) in [5.74, 6) is 7.23. The third-order valence-corrected chi connectivity index (χ3v) is 16.5. The van der Waals surface area contributed by atoms with Crippen LogP contribution in [-0.2, 0) is 0 Å². The summed E-state index contributed by atoms with van der Waals surface area (Å²) in [6.07, 6.45) is 26.3. The third kappa shape index (κ3) is 5.12. The van der Waals surface area contributed by atoms with Gasteiger partial charge in [0.05, 0.1) is 12.2 Å². The average molecular weight is 597 g/mol. The SMILES string of the molecule is CC1C(N)C(O)C(C2CCCCC2)CC1C1(C2CC(C3CCCCC3)C(O)C(N)C2C)C2CCCCC2C2CCCCC21. The van der Waals surface area contributed by atoms with E-state index in [2.05, 4.69) is 13.8 Å². The van der Waals surface area contributed by atoms with Gasteiger partial charge in [-0.3, -0.25) is 0 Å². The molecule has 0 spiro atoms. The quantitative estimate of drug-likeness (QED) is 0.268. The monoisotopic (exact) mass is 597 g/mol. The lowest BCUT2D eigenvalue weighted by Gasteiger charge is -2.63. The Morgan fingerprint density at radius 3 is 1.19 bits per heavy atom. The van der Waals surface area contributed by atoms with Crippen LogP contribution in [0.2, 0.25) is 0 Å². The Bertz CT molecular complexity index is 850. The Morgan fingerprint density at radius 2 is 0.791 bits per heavy atom. The summed E-state index contributed by atoms with van der Waals surface area (Å²) in [5.41, 5.74) is 14.7. The third-order valence-electron chi connectivity index (χ3n) is 16.5. The van der Waals surface area contributed by atoms with E-state index in [0.717, 1.165) is 23.7 Å². The molecule has 7 saturated carbocycles. The second-order valence-electron chi connectivity index (χ2n) is 17.8. The van der Waals surface area contributed by atoms with E-state index in [1.807, 2.05) is 0 Å². The Hall–Kier alpha value is -0.160. The summed E-state index contributed by atoms with van der Waals surface area (Å²) < 4.78 is 0. The molecule has 0 saturated heterocycles. The molecule has 6 N–H and O–H groups in total. The van der Waals surface area contributed by atoms with Gasteiger partial charge in [0.2, 0.25) is 0 Å². The second kappa shape index (κ2) is 12.8. The van der Waals surface area contributed by atoms with Crippen molar-refractivity contribution < 1.29 is 10.2 Å². The van der Waals surface area contributed by atoms with E-state index in [4.69, 9.17) is 11.5 Å². The minimum Gasteiger partial charge on any atom is -0.391 e. The summed E-state index contributed by atoms with van der Waals surface area (Å²) in [6.45, 7) is 4.93. The van der Waals surface area contributed by atoms with Crippen LogP contribution in [0, 0.1) is 76.4 Å². The molecular weight excluding hydrogens is 528 g/mol. The minimum absolute atomic E-state index is 0.112. The summed E-state index contributed by atoms with van der Waals surface area (Å²) in [6, 6.07) is -0.223. The van der Waals surface area contributed by atoms with E-state index in [-0.39, 0.29) is 29.7 Å². The van der Waals surface area contributed by atoms with E-state index in [1.165, 1.54) is 128 Å². The fraction of sp³-hybridized carbons (Fsp3) is 1.00. The second-order valence-corrected chi connectivity index (χ2v) is 17.8. The van der Waals surface area contributed by atoms with Crippen LogP contribution in [0.3, 0.4) is 0 Å². The van der Waals surface area contributed by atoms with E-state index >= 15 is 0 Å². The van der Waals surface area contributed by atoms with Crippen LogP contribution in [0.4, 0.5) is 0 Å². The van der Waals surface area contributed by atoms with Gasteiger partial charge in [0.1, 0.15) is 0 Å². The van der Waals surface area contributed by atoms with Gasteiger partial charge in [-0.05, 0) is 115 Å². The molecule has 0 aromatic heterocycles. The van der Waals surface area contributed by atoms with Gasteiger partial charge >= 0.3 is 0 Å². The molecule has 4 nitrogen and oxygen atoms in total. The molecule has 7 aliphatic rings. The smallest absolute Gasteiger partial charge is 0.0724 e. The molecule has 7 aliphatic carbocycles. The van der Waals surface area contributed by atoms with Crippen molar-refractivity contribution >= 4 is 0 Å². The van der Waals surface area contributed by atoms with E-state index in [9.17, 15) is 10.2 Å². The van der Waals surface area contributed by atoms with Gasteiger partial charge in [-0.15, -0.1) is 0 Å². The fourth-order valence-corrected chi connectivity index (χ4v) is 14.6. The zero-order valence-corrected chi connectivity index (χ0v) is 27.9. The first-order valence-electron chi connectivity index (χ1n) is 19.7. The maximum absolute atomic E-state index is 11.8. The van der Waals surface area contributed by atoms with Crippen molar-refractivity contribution in [3.05, 3.63) is 0 Å². The van der Waals surface area contributed by atoms with Gasteiger partial charge < -0.3 is 21.7 Å². The molecule has 7 fully saturated rings. The normalized spacial score (nSPS) is 53.7. The zero-order valence-electron chi connectivity index (χ0n) is 27.9. The van der Waals surface area contributed by atoms with Crippen molar-refractivity contribution in [2.75, 3.05) is 0 Å². The predicted molar refractivity (Wildman–Crippen MR) is 176 cm³/mol. The molecule has 0 bridgehead atoms. The number of aliphatic hydroxyl groups excluding tert-OH is 2. The topological polar surface area (TPSA) is 92.5 Å². The fourth-order valence-electron chi connectivity index (χ4n) is 14.6. The lowest BCUT2D eigenvalue weighted by Crippen LogP contribution is -2.64. The van der Waals surface area contributed by atoms with Crippen LogP contribution in [-0.4, -0.2) is 34.5 Å². The van der Waals surface area contributed by atoms with Crippen molar-refractivity contribution in [1.29, 1.82) is 0 Å². The molecule has 14 unspecified atom stereocenters. The van der Waals surface area contributed by atoms with Crippen LogP contribution in [0.1, 0.15) is 142 Å². The van der Waals surface area contributed by atoms with Crippen LogP contribution in [0.5, 0.6) is 0 Å². The van der Waals surface area contributed by atoms with Gasteiger partial charge in [0, 0.05) is 12.1 Å². The molecule has 0 aromatic carbocycles. The lowest BCUT2D eigenvalue weighted by molar-refractivity contribution is -0.167. The maximum atomic E-state index is 11.8. The molecule has 14 atom stereocenters. The lowest BCUT2D eigenvalue weighted by atomic mass is 9.42. The first-order chi connectivity index (χ1) is 20.9. The molecular formula is C39H68N2O2. The maximum Gasteiger partial charge on any atom is 0.0724 e. The molecule has 0 amide bonds. The number of fused-ring (bicyclic) bond motifs is 3. The van der Waals surface area contributed by atoms with Gasteiger partial charge in [0.25, 0.3) is 0 Å². The Labute approximate surface area is 264 Å². The van der Waals surface area contributed by atoms with Crippen molar-refractivity contribution in [2.45, 2.75) is 167 Å². The number of rotatable bonds is 4. The van der Waals surface area contributed by atoms with Crippen molar-refractivity contribution in [3.63, 3.8) is 0 Å². The molecule has 43 heavy (non-hydrogen) atoms. The molecule has 0 aromatic rings. The van der Waals surface area contributed by atoms with E-state index in [1.54, 1.807) is 0 Å². The Kier molecular flexibility index (Phi) is 9.36. The van der Waals surface area contributed by atoms with Gasteiger partial charge in [-0.2, -0.15) is 0 Å². The number of aliphatic hydroxyl groups is 2. The predicted octanol–water partition coefficient (Wildman–Crippen LogP) is 7.68. The first-order valence-corrected chi connectivity index (χ1v) is 19.7. The van der Waals surface area contributed by atoms with Gasteiger partial charge in [0.15, 0.2) is 0 Å². The average Bonchev–Trinajstić information content (AvgIpc) is 3.34. The van der Waals surface area contributed by atoms with Crippen LogP contribution < -0.4 is 11.5 Å². The van der Waals surface area contributed by atoms with Crippen molar-refractivity contribution in [1.82, 2.24) is 0 Å². The van der Waals surface area contributed by atoms with Crippen molar-refractivity contribution in [2.24, 2.45) is 87.9 Å². The molecule has 7 rings (SSSR count). The van der Waals surface area contributed by atoms with Crippen LogP contribution in [0.15, 0.2) is 0 Å². The van der Waals surface area contributed by atoms with Gasteiger partial charge in [-0.25, -0.2) is 0 Å². The van der Waals surface area contributed by atoms with Crippen molar-refractivity contribution in [3.8, 4) is 0 Å². The Morgan fingerprint density at radius 1 is 0.442 bits per heavy atom. The highest BCUT2D eigenvalue weighted by Gasteiger charge is 2.69. The van der Waals surface area contributed by atoms with E-state index < -0.39 is 0 Å². The number of hydrogen-bond donors (Lipinski definition) is 4. The summed E-state index contributed by atoms with van der Waals surface area (Å²) in [5, 5.41) is 23.7. The number of nitrogens with two attached hydrogens (primary N) is 2. The van der Waals surface area contributed by atoms with Gasteiger partial charge in [-0.1, -0.05) is 104 Å². The first kappa shape index (κ1) is 31.4. The highest BCUT2D eigenvalue weighted by atomic mass is 16.3. The summed E-state index contributed by atoms with van der Waals surface area (Å²) in [4.78, 5) is 0. The van der Waals surface area contributed by atoms with Crippen LogP contribution >= 0.6 is 0 Å². The minimum atomic E-state index is -0.347. The molecule has 0 aliphatic heterocycles. The summed E-state index contributed by atoms with van der Waals surface area (Å²) >= 11 is 0. The standard InChI is InChI=1S/C39H68N2O2/c1-23-33(21-29(37(42)35(23)40)25-13-5-3-6-14-25)39(31-19-11-9-17-27(31)28-18-10-12-20-32(28)39)34-22-30(26-15-7-4-8-16-26)38(43)36(41)24(34)2/h23-38,42-43H,3-22,40-41H2,1-2H3. The van der Waals surface area contributed by atoms with E-state index in [0.29, 0.717) is 47.3 Å². The zero-order chi connectivity index (χ0) is 29.9. The number of hydrogen-bond acceptors (Lipinski definition) is 4. The molecule has 4 heteroatoms. The summed E-state index contributed by atoms with van der Waals surface area (Å²) in [7, 11) is 0. The largest absolute Gasteiger partial charge is 0.391 e. The molecule has 0 heterocycles. The highest BCUT2D eigenvalue weighted by molar-refractivity contribution is 5.18. The molecule has 246 valence electrons. The van der Waals surface area contributed by atoms with Crippen LogP contribution in [0.25, 0.3) is 0 Å².